The molecule has 2 nitrogen and oxygen atoms in total. The number of aromatic nitrogens is 1. The van der Waals surface area contributed by atoms with E-state index >= 15 is 0 Å². The van der Waals surface area contributed by atoms with Gasteiger partial charge in [-0.05, 0) is 31.5 Å². The van der Waals surface area contributed by atoms with Gasteiger partial charge in [0, 0.05) is 16.5 Å². The van der Waals surface area contributed by atoms with Gasteiger partial charge in [-0.25, -0.2) is 0 Å². The van der Waals surface area contributed by atoms with Crippen molar-refractivity contribution in [2.75, 3.05) is 6.54 Å². The van der Waals surface area contributed by atoms with Gasteiger partial charge < -0.3 is 10.7 Å². The Morgan fingerprint density at radius 2 is 2.42 bits per heavy atom. The van der Waals surface area contributed by atoms with Crippen LogP contribution < -0.4 is 5.73 Å². The highest BCUT2D eigenvalue weighted by atomic mass is 32.1. The fraction of sp³-hybridized carbons (Fsp3) is 0.333. The van der Waals surface area contributed by atoms with Crippen LogP contribution in [-0.4, -0.2) is 11.5 Å². The largest absolute Gasteiger partial charge is 0.353 e. The summed E-state index contributed by atoms with van der Waals surface area (Å²) in [7, 11) is 0. The standard InChI is InChI=1S/C9H12N2S/c10-4-1-2-8-6-7-3-5-11-9(7)12-8/h3,5-6,11H,1-2,4,10H2. The van der Waals surface area contributed by atoms with Gasteiger partial charge in [-0.1, -0.05) is 0 Å². The molecule has 12 heavy (non-hydrogen) atoms. The van der Waals surface area contributed by atoms with E-state index in [0.29, 0.717) is 0 Å². The van der Waals surface area contributed by atoms with Crippen molar-refractivity contribution < 1.29 is 0 Å². The number of nitrogens with one attached hydrogen (secondary N) is 1. The Bertz CT molecular complexity index is 333. The maximum Gasteiger partial charge on any atom is 0.0999 e. The van der Waals surface area contributed by atoms with Gasteiger partial charge in [0.2, 0.25) is 0 Å². The summed E-state index contributed by atoms with van der Waals surface area (Å²) in [5.41, 5.74) is 5.44. The van der Waals surface area contributed by atoms with Gasteiger partial charge in [0.25, 0.3) is 0 Å². The van der Waals surface area contributed by atoms with Gasteiger partial charge in [-0.15, -0.1) is 11.3 Å². The molecule has 2 rings (SSSR count). The highest BCUT2D eigenvalue weighted by Crippen LogP contribution is 2.24. The molecule has 0 aromatic carbocycles. The van der Waals surface area contributed by atoms with Crippen molar-refractivity contribution in [3.8, 4) is 0 Å². The molecule has 2 aromatic rings. The van der Waals surface area contributed by atoms with Crippen molar-refractivity contribution >= 4 is 21.6 Å². The molecule has 0 unspecified atom stereocenters. The van der Waals surface area contributed by atoms with E-state index in [1.165, 1.54) is 15.1 Å². The van der Waals surface area contributed by atoms with Crippen molar-refractivity contribution in [2.24, 2.45) is 5.73 Å². The van der Waals surface area contributed by atoms with Crippen molar-refractivity contribution in [2.45, 2.75) is 12.8 Å². The minimum absolute atomic E-state index is 0.784. The second kappa shape index (κ2) is 3.29. The molecular formula is C9H12N2S. The average Bonchev–Trinajstić information content (AvgIpc) is 2.58. The van der Waals surface area contributed by atoms with Crippen LogP contribution in [0.3, 0.4) is 0 Å². The van der Waals surface area contributed by atoms with E-state index in [2.05, 4.69) is 17.1 Å². The Hall–Kier alpha value is -0.800. The van der Waals surface area contributed by atoms with Gasteiger partial charge in [0.05, 0.1) is 4.83 Å². The van der Waals surface area contributed by atoms with Crippen LogP contribution in [0.2, 0.25) is 0 Å². The number of rotatable bonds is 3. The van der Waals surface area contributed by atoms with E-state index in [1.54, 1.807) is 0 Å². The van der Waals surface area contributed by atoms with E-state index < -0.39 is 0 Å². The topological polar surface area (TPSA) is 41.8 Å². The van der Waals surface area contributed by atoms with Crippen molar-refractivity contribution in [1.29, 1.82) is 0 Å². The van der Waals surface area contributed by atoms with Crippen LogP contribution in [0.25, 0.3) is 10.2 Å². The fourth-order valence-electron chi connectivity index (χ4n) is 1.30. The predicted molar refractivity (Wildman–Crippen MR) is 53.6 cm³/mol. The van der Waals surface area contributed by atoms with Crippen LogP contribution in [-0.2, 0) is 6.42 Å². The normalized spacial score (nSPS) is 11.1. The minimum atomic E-state index is 0.784. The lowest BCUT2D eigenvalue weighted by Crippen LogP contribution is -1.99. The molecule has 0 spiro atoms. The van der Waals surface area contributed by atoms with Gasteiger partial charge in [0.1, 0.15) is 0 Å². The predicted octanol–water partition coefficient (Wildman–Crippen LogP) is 2.12. The minimum Gasteiger partial charge on any atom is -0.353 e. The molecule has 0 aliphatic heterocycles. The summed E-state index contributed by atoms with van der Waals surface area (Å²) in [6.07, 6.45) is 4.18. The SMILES string of the molecule is NCCCc1cc2cc[nH]c2s1. The molecule has 0 aliphatic carbocycles. The number of aryl methyl sites for hydroxylation is 1. The summed E-state index contributed by atoms with van der Waals surface area (Å²) < 4.78 is 0. The molecule has 2 aromatic heterocycles. The highest BCUT2D eigenvalue weighted by Gasteiger charge is 2.00. The first-order chi connectivity index (χ1) is 5.90. The molecule has 2 heterocycles. The lowest BCUT2D eigenvalue weighted by molar-refractivity contribution is 0.843. The molecule has 0 aliphatic rings. The van der Waals surface area contributed by atoms with Crippen LogP contribution in [0.4, 0.5) is 0 Å². The maximum atomic E-state index is 5.44. The Morgan fingerprint density at radius 1 is 1.50 bits per heavy atom. The average molecular weight is 180 g/mol. The number of thiophene rings is 1. The van der Waals surface area contributed by atoms with E-state index in [-0.39, 0.29) is 0 Å². The zero-order chi connectivity index (χ0) is 8.39. The van der Waals surface area contributed by atoms with Crippen molar-refractivity contribution in [1.82, 2.24) is 4.98 Å². The number of aromatic amines is 1. The lowest BCUT2D eigenvalue weighted by atomic mass is 10.2. The van der Waals surface area contributed by atoms with Crippen LogP contribution in [0.15, 0.2) is 18.3 Å². The first kappa shape index (κ1) is 7.83. The first-order valence-corrected chi connectivity index (χ1v) is 4.97. The molecule has 3 heteroatoms. The Balaban J connectivity index is 2.21. The quantitative estimate of drug-likeness (QED) is 0.746. The third-order valence-electron chi connectivity index (χ3n) is 1.92. The number of hydrogen-bond donors (Lipinski definition) is 2. The first-order valence-electron chi connectivity index (χ1n) is 4.16. The molecule has 0 saturated carbocycles. The van der Waals surface area contributed by atoms with E-state index in [9.17, 15) is 0 Å². The summed E-state index contributed by atoms with van der Waals surface area (Å²) in [4.78, 5) is 5.92. The Kier molecular flexibility index (Phi) is 2.15. The molecule has 0 amide bonds. The summed E-state index contributed by atoms with van der Waals surface area (Å²) in [6.45, 7) is 0.784. The van der Waals surface area contributed by atoms with E-state index in [0.717, 1.165) is 19.4 Å². The number of hydrogen-bond acceptors (Lipinski definition) is 2. The number of nitrogens with two attached hydrogens (primary N) is 1. The second-order valence-corrected chi connectivity index (χ2v) is 4.00. The summed E-state index contributed by atoms with van der Waals surface area (Å²) in [6, 6.07) is 4.35. The second-order valence-electron chi connectivity index (χ2n) is 2.87. The molecule has 64 valence electrons. The summed E-state index contributed by atoms with van der Waals surface area (Å²) in [5, 5.41) is 1.33. The van der Waals surface area contributed by atoms with Crippen LogP contribution in [0.1, 0.15) is 11.3 Å². The number of H-pyrrole nitrogens is 1. The van der Waals surface area contributed by atoms with Crippen LogP contribution >= 0.6 is 11.3 Å². The Labute approximate surface area is 75.4 Å². The summed E-state index contributed by atoms with van der Waals surface area (Å²) >= 11 is 1.83. The smallest absolute Gasteiger partial charge is 0.0999 e. The van der Waals surface area contributed by atoms with Crippen molar-refractivity contribution in [3.63, 3.8) is 0 Å². The maximum absolute atomic E-state index is 5.44. The molecule has 0 saturated heterocycles. The molecular weight excluding hydrogens is 168 g/mol. The molecule has 0 radical (unpaired) electrons. The zero-order valence-corrected chi connectivity index (χ0v) is 7.66. The Morgan fingerprint density at radius 3 is 3.17 bits per heavy atom. The van der Waals surface area contributed by atoms with Gasteiger partial charge in [0.15, 0.2) is 0 Å². The van der Waals surface area contributed by atoms with Crippen LogP contribution in [0.5, 0.6) is 0 Å². The van der Waals surface area contributed by atoms with Gasteiger partial charge in [-0.2, -0.15) is 0 Å². The van der Waals surface area contributed by atoms with Gasteiger partial charge >= 0.3 is 0 Å². The van der Waals surface area contributed by atoms with Crippen molar-refractivity contribution in [3.05, 3.63) is 23.2 Å². The van der Waals surface area contributed by atoms with E-state index in [1.807, 2.05) is 17.5 Å². The third-order valence-corrected chi connectivity index (χ3v) is 3.06. The monoisotopic (exact) mass is 180 g/mol. The molecule has 0 bridgehead atoms. The lowest BCUT2D eigenvalue weighted by Gasteiger charge is -1.91. The fourth-order valence-corrected chi connectivity index (χ4v) is 2.37. The van der Waals surface area contributed by atoms with Crippen LogP contribution in [0, 0.1) is 0 Å². The summed E-state index contributed by atoms with van der Waals surface area (Å²) in [5.74, 6) is 0. The highest BCUT2D eigenvalue weighted by molar-refractivity contribution is 7.18. The van der Waals surface area contributed by atoms with Gasteiger partial charge in [-0.3, -0.25) is 0 Å². The van der Waals surface area contributed by atoms with E-state index in [4.69, 9.17) is 5.73 Å². The molecule has 0 fully saturated rings. The number of fused-ring (bicyclic) bond motifs is 1. The molecule has 0 atom stereocenters. The third kappa shape index (κ3) is 1.38. The molecule has 3 N–H and O–H groups in total. The zero-order valence-electron chi connectivity index (χ0n) is 6.84.